The van der Waals surface area contributed by atoms with Crippen LogP contribution < -0.4 is 4.90 Å². The molecule has 3 saturated heterocycles. The summed E-state index contributed by atoms with van der Waals surface area (Å²) in [5.41, 5.74) is -2.31. The molecule has 0 saturated carbocycles. The Morgan fingerprint density at radius 2 is 1.74 bits per heavy atom. The van der Waals surface area contributed by atoms with Gasteiger partial charge in [0.05, 0.1) is 54.3 Å². The van der Waals surface area contributed by atoms with Crippen LogP contribution in [0.1, 0.15) is 80.3 Å². The summed E-state index contributed by atoms with van der Waals surface area (Å²) in [5, 5.41) is 67.2. The third-order valence-corrected chi connectivity index (χ3v) is 13.1. The van der Waals surface area contributed by atoms with Crippen LogP contribution in [0.4, 0.5) is 14.9 Å². The Hall–Kier alpha value is -3.33. The van der Waals surface area contributed by atoms with Crippen LogP contribution in [0.2, 0.25) is 0 Å². The zero-order valence-corrected chi connectivity index (χ0v) is 37.3. The summed E-state index contributed by atoms with van der Waals surface area (Å²) in [6.45, 7) is 15.0. The minimum atomic E-state index is -1.80. The maximum atomic E-state index is 13.8. The fraction of sp³-hybridized carbons (Fsp3) is 0.767. The number of carbonyl (C=O) groups is 2. The quantitative estimate of drug-likeness (QED) is 0.217. The highest BCUT2D eigenvalue weighted by molar-refractivity contribution is 5.89. The largest absolute Gasteiger partial charge is 0.459 e. The number of aliphatic hydroxyl groups is 5. The van der Waals surface area contributed by atoms with Gasteiger partial charge in [-0.15, -0.1) is 5.10 Å². The number of likely N-dealkylation sites (N-methyl/N-ethyl adjacent to an activating group) is 2. The number of hydrogen-bond donors (Lipinski definition) is 5. The standard InChI is InChI=1S/C43H69FN6O11/c1-11-34-43(8,57)37(53)28(6)48(10)20-24(2)19-42(7,56)38(26(4)35(51)27(5)39(54)60-34)61-40-36(52)33(17-25(3)58-40)47(9)16-15-30-21-49(46-45-30)22-32-23-50(41(55)59-32)31-14-12-13-29(44)18-31/h12-14,18,21,24-28,32-38,40,51-53,56-57H,11,15-17,19-20,22-23H2,1-10H3/t24-,25-,26+,27-,28-,32+,33+,34-,35+,36-,37-,38-,40+,42-,43-/m1/s1. The molecule has 3 aliphatic rings. The number of carbonyl (C=O) groups excluding carboxylic acids is 2. The third-order valence-electron chi connectivity index (χ3n) is 13.1. The first kappa shape index (κ1) is 48.7. The van der Waals surface area contributed by atoms with Crippen LogP contribution in [0.25, 0.3) is 0 Å². The molecule has 0 spiro atoms. The van der Waals surface area contributed by atoms with E-state index in [1.807, 2.05) is 37.7 Å². The number of hydrogen-bond acceptors (Lipinski definition) is 15. The van der Waals surface area contributed by atoms with Gasteiger partial charge in [0.25, 0.3) is 0 Å². The van der Waals surface area contributed by atoms with Gasteiger partial charge >= 0.3 is 12.1 Å². The van der Waals surface area contributed by atoms with Crippen molar-refractivity contribution >= 4 is 17.7 Å². The summed E-state index contributed by atoms with van der Waals surface area (Å²) in [6.07, 6.45) is -5.57. The molecule has 5 rings (SSSR count). The molecule has 3 fully saturated rings. The zero-order chi connectivity index (χ0) is 45.1. The predicted octanol–water partition coefficient (Wildman–Crippen LogP) is 2.34. The molecular weight excluding hydrogens is 796 g/mol. The number of amides is 1. The van der Waals surface area contributed by atoms with E-state index >= 15 is 0 Å². The highest BCUT2D eigenvalue weighted by Crippen LogP contribution is 2.37. The molecule has 2 aromatic rings. The Bertz CT molecular complexity index is 1770. The van der Waals surface area contributed by atoms with Gasteiger partial charge in [-0.1, -0.05) is 32.1 Å². The number of rotatable bonds is 10. The fourth-order valence-corrected chi connectivity index (χ4v) is 9.34. The van der Waals surface area contributed by atoms with E-state index in [9.17, 15) is 39.5 Å². The van der Waals surface area contributed by atoms with Crippen LogP contribution in [0.15, 0.2) is 30.5 Å². The van der Waals surface area contributed by atoms with E-state index in [1.54, 1.807) is 44.6 Å². The number of aliphatic hydroxyl groups excluding tert-OH is 3. The van der Waals surface area contributed by atoms with Crippen molar-refractivity contribution in [2.45, 2.75) is 160 Å². The van der Waals surface area contributed by atoms with Crippen molar-refractivity contribution < 1.29 is 58.5 Å². The zero-order valence-electron chi connectivity index (χ0n) is 37.3. The van der Waals surface area contributed by atoms with E-state index in [0.29, 0.717) is 37.3 Å². The lowest BCUT2D eigenvalue weighted by Crippen LogP contribution is -2.59. The number of benzene rings is 1. The van der Waals surface area contributed by atoms with Crippen LogP contribution >= 0.6 is 0 Å². The Balaban J connectivity index is 1.27. The molecular formula is C43H69FN6O11. The fourth-order valence-electron chi connectivity index (χ4n) is 9.34. The van der Waals surface area contributed by atoms with Crippen LogP contribution in [0, 0.1) is 23.6 Å². The van der Waals surface area contributed by atoms with Crippen LogP contribution in [0.5, 0.6) is 0 Å². The average Bonchev–Trinajstić information content (AvgIpc) is 3.81. The second-order valence-corrected chi connectivity index (χ2v) is 18.4. The molecule has 0 radical (unpaired) electrons. The Morgan fingerprint density at radius 1 is 1.03 bits per heavy atom. The van der Waals surface area contributed by atoms with Crippen LogP contribution in [-0.2, 0) is 36.7 Å². The van der Waals surface area contributed by atoms with E-state index in [-0.39, 0.29) is 38.0 Å². The number of nitrogens with zero attached hydrogens (tertiary/aromatic N) is 6. The van der Waals surface area contributed by atoms with Gasteiger partial charge in [0.2, 0.25) is 0 Å². The van der Waals surface area contributed by atoms with E-state index < -0.39 is 95.9 Å². The van der Waals surface area contributed by atoms with Gasteiger partial charge in [-0.2, -0.15) is 0 Å². The molecule has 61 heavy (non-hydrogen) atoms. The van der Waals surface area contributed by atoms with Gasteiger partial charge in [-0.25, -0.2) is 13.9 Å². The monoisotopic (exact) mass is 865 g/mol. The van der Waals surface area contributed by atoms with Crippen LogP contribution in [0.3, 0.4) is 0 Å². The maximum absolute atomic E-state index is 13.8. The highest BCUT2D eigenvalue weighted by Gasteiger charge is 2.50. The maximum Gasteiger partial charge on any atom is 0.414 e. The van der Waals surface area contributed by atoms with Gasteiger partial charge in [0.1, 0.15) is 35.8 Å². The van der Waals surface area contributed by atoms with E-state index in [2.05, 4.69) is 10.3 Å². The normalized spacial score (nSPS) is 38.8. The first-order chi connectivity index (χ1) is 28.5. The lowest BCUT2D eigenvalue weighted by Gasteiger charge is -2.47. The minimum Gasteiger partial charge on any atom is -0.459 e. The molecule has 5 N–H and O–H groups in total. The first-order valence-corrected chi connectivity index (χ1v) is 21.6. The van der Waals surface area contributed by atoms with Crippen molar-refractivity contribution in [2.24, 2.45) is 17.8 Å². The molecule has 17 nitrogen and oxygen atoms in total. The van der Waals surface area contributed by atoms with E-state index in [1.165, 1.54) is 36.9 Å². The number of anilines is 1. The van der Waals surface area contributed by atoms with Gasteiger partial charge in [-0.05, 0) is 92.1 Å². The molecule has 3 aliphatic heterocycles. The molecule has 4 heterocycles. The Labute approximate surface area is 358 Å². The van der Waals surface area contributed by atoms with Crippen molar-refractivity contribution in [3.63, 3.8) is 0 Å². The number of cyclic esters (lactones) is 2. The van der Waals surface area contributed by atoms with Gasteiger partial charge in [-0.3, -0.25) is 9.69 Å². The lowest BCUT2D eigenvalue weighted by molar-refractivity contribution is -0.299. The summed E-state index contributed by atoms with van der Waals surface area (Å²) in [4.78, 5) is 31.3. The molecule has 0 aliphatic carbocycles. The molecule has 344 valence electrons. The van der Waals surface area contributed by atoms with Gasteiger partial charge in [0, 0.05) is 43.7 Å². The molecule has 1 amide bonds. The first-order valence-electron chi connectivity index (χ1n) is 21.6. The summed E-state index contributed by atoms with van der Waals surface area (Å²) in [6, 6.07) is 4.77. The lowest BCUT2D eigenvalue weighted by atomic mass is 9.78. The predicted molar refractivity (Wildman–Crippen MR) is 222 cm³/mol. The molecule has 0 unspecified atom stereocenters. The summed E-state index contributed by atoms with van der Waals surface area (Å²) in [7, 11) is 3.69. The number of esters is 1. The second-order valence-electron chi connectivity index (χ2n) is 18.4. The molecule has 15 atom stereocenters. The number of ether oxygens (including phenoxy) is 4. The average molecular weight is 865 g/mol. The SMILES string of the molecule is CC[C@H]1OC(=O)[C@H](C)[C@@H](O)[C@H](C)[C@@H](O[C@@H]2O[C@H](C)C[C@H](N(C)CCc3cn(C[C@H]4CN(c5cccc(F)c5)C(=O)O4)nn3)[C@H]2O)[C@](C)(O)C[C@@H](C)CN(C)[C@H](C)[C@@H](O)[C@]1(C)O. The minimum absolute atomic E-state index is 0.173. The smallest absolute Gasteiger partial charge is 0.414 e. The highest BCUT2D eigenvalue weighted by atomic mass is 19.1. The second kappa shape index (κ2) is 20.0. The topological polar surface area (TPSA) is 213 Å². The molecule has 0 bridgehead atoms. The van der Waals surface area contributed by atoms with E-state index in [4.69, 9.17) is 18.9 Å². The Morgan fingerprint density at radius 3 is 2.41 bits per heavy atom. The number of halogens is 1. The van der Waals surface area contributed by atoms with Gasteiger partial charge < -0.3 is 54.3 Å². The van der Waals surface area contributed by atoms with Crippen molar-refractivity contribution in [2.75, 3.05) is 38.6 Å². The molecule has 1 aromatic carbocycles. The third kappa shape index (κ3) is 11.4. The van der Waals surface area contributed by atoms with Crippen molar-refractivity contribution in [1.29, 1.82) is 0 Å². The molecule has 18 heteroatoms. The van der Waals surface area contributed by atoms with Crippen molar-refractivity contribution in [3.05, 3.63) is 42.0 Å². The molecule has 1 aromatic heterocycles. The number of aromatic nitrogens is 3. The summed E-state index contributed by atoms with van der Waals surface area (Å²) >= 11 is 0. The Kier molecular flexibility index (Phi) is 16.0. The summed E-state index contributed by atoms with van der Waals surface area (Å²) in [5.74, 6) is -3.39. The summed E-state index contributed by atoms with van der Waals surface area (Å²) < 4.78 is 39.5. The van der Waals surface area contributed by atoms with Gasteiger partial charge in [0.15, 0.2) is 6.29 Å². The van der Waals surface area contributed by atoms with Crippen molar-refractivity contribution in [3.8, 4) is 0 Å². The van der Waals surface area contributed by atoms with E-state index in [0.717, 1.165) is 0 Å². The van der Waals surface area contributed by atoms with Crippen molar-refractivity contribution in [1.82, 2.24) is 24.8 Å². The van der Waals surface area contributed by atoms with Crippen LogP contribution in [-0.4, -0.2) is 168 Å².